The van der Waals surface area contributed by atoms with Crippen LogP contribution in [0.25, 0.3) is 0 Å². The van der Waals surface area contributed by atoms with Crippen LogP contribution in [0.3, 0.4) is 0 Å². The van der Waals surface area contributed by atoms with Gasteiger partial charge in [-0.25, -0.2) is 0 Å². The lowest BCUT2D eigenvalue weighted by atomic mass is 10.0. The number of nitrogens with zero attached hydrogens (tertiary/aromatic N) is 1. The maximum atomic E-state index is 9.67. The van der Waals surface area contributed by atoms with Crippen LogP contribution < -0.4 is 5.73 Å². The Morgan fingerprint density at radius 3 is 2.64 bits per heavy atom. The van der Waals surface area contributed by atoms with E-state index >= 15 is 0 Å². The smallest absolute Gasteiger partial charge is 0.106 e. The lowest BCUT2D eigenvalue weighted by molar-refractivity contribution is 0.0148. The van der Waals surface area contributed by atoms with E-state index in [-0.39, 0.29) is 0 Å². The molecule has 2 unspecified atom stereocenters. The van der Waals surface area contributed by atoms with Crippen molar-refractivity contribution in [1.82, 2.24) is 4.98 Å². The fourth-order valence-corrected chi connectivity index (χ4v) is 1.20. The lowest BCUT2D eigenvalue weighted by Gasteiger charge is -2.16. The van der Waals surface area contributed by atoms with E-state index in [1.54, 1.807) is 18.3 Å². The molecule has 0 aliphatic rings. The molecule has 4 N–H and O–H groups in total. The van der Waals surface area contributed by atoms with E-state index < -0.39 is 12.2 Å². The molecule has 1 aromatic rings. The molecule has 0 amide bonds. The Hall–Kier alpha value is -0.970. The Bertz CT molecular complexity index is 274. The zero-order valence-corrected chi connectivity index (χ0v) is 8.22. The summed E-state index contributed by atoms with van der Waals surface area (Å²) in [5.41, 5.74) is 6.79. The predicted molar refractivity (Wildman–Crippen MR) is 53.6 cm³/mol. The lowest BCUT2D eigenvalue weighted by Crippen LogP contribution is -2.21. The van der Waals surface area contributed by atoms with Crippen LogP contribution in [0.4, 0.5) is 0 Å². The number of nitrogens with two attached hydrogens (primary N) is 1. The maximum absolute atomic E-state index is 9.67. The number of hydrogen-bond acceptors (Lipinski definition) is 4. The highest BCUT2D eigenvalue weighted by atomic mass is 16.3. The molecule has 0 fully saturated rings. The highest BCUT2D eigenvalue weighted by Gasteiger charge is 2.17. The highest BCUT2D eigenvalue weighted by molar-refractivity contribution is 5.16. The molecule has 4 heteroatoms. The number of rotatable bonds is 4. The van der Waals surface area contributed by atoms with Gasteiger partial charge in [0.1, 0.15) is 6.10 Å². The molecule has 0 radical (unpaired) electrons. The predicted octanol–water partition coefficient (Wildman–Crippen LogP) is 0.133. The third-order valence-electron chi connectivity index (χ3n) is 2.10. The van der Waals surface area contributed by atoms with Gasteiger partial charge in [0.2, 0.25) is 0 Å². The van der Waals surface area contributed by atoms with E-state index in [2.05, 4.69) is 4.98 Å². The van der Waals surface area contributed by atoms with E-state index in [9.17, 15) is 10.2 Å². The van der Waals surface area contributed by atoms with E-state index in [4.69, 9.17) is 5.73 Å². The van der Waals surface area contributed by atoms with E-state index in [1.807, 2.05) is 6.92 Å². The number of aryl methyl sites for hydroxylation is 1. The number of pyridine rings is 1. The van der Waals surface area contributed by atoms with Gasteiger partial charge in [-0.2, -0.15) is 0 Å². The zero-order chi connectivity index (χ0) is 10.6. The highest BCUT2D eigenvalue weighted by Crippen LogP contribution is 2.17. The average molecular weight is 196 g/mol. The fraction of sp³-hybridized carbons (Fsp3) is 0.500. The van der Waals surface area contributed by atoms with Crippen LogP contribution in [0.2, 0.25) is 0 Å². The number of hydrogen-bond donors (Lipinski definition) is 3. The van der Waals surface area contributed by atoms with Crippen molar-refractivity contribution >= 4 is 0 Å². The van der Waals surface area contributed by atoms with Crippen LogP contribution in [-0.4, -0.2) is 27.8 Å². The first kappa shape index (κ1) is 11.1. The van der Waals surface area contributed by atoms with Crippen molar-refractivity contribution in [3.8, 4) is 0 Å². The van der Waals surface area contributed by atoms with Gasteiger partial charge in [0.05, 0.1) is 6.10 Å². The number of aromatic nitrogens is 1. The van der Waals surface area contributed by atoms with Gasteiger partial charge >= 0.3 is 0 Å². The molecular weight excluding hydrogens is 180 g/mol. The summed E-state index contributed by atoms with van der Waals surface area (Å²) in [7, 11) is 0. The quantitative estimate of drug-likeness (QED) is 0.639. The summed E-state index contributed by atoms with van der Waals surface area (Å²) in [5.74, 6) is 0. The van der Waals surface area contributed by atoms with Crippen LogP contribution in [0.15, 0.2) is 18.3 Å². The molecule has 0 bridgehead atoms. The standard InChI is InChI=1S/C10H16N2O2/c1-7-2-3-8(6-12-7)10(14)9(13)4-5-11/h2-3,6,9-10,13-14H,4-5,11H2,1H3. The number of aliphatic hydroxyl groups is 2. The van der Waals surface area contributed by atoms with Crippen molar-refractivity contribution in [1.29, 1.82) is 0 Å². The molecule has 14 heavy (non-hydrogen) atoms. The van der Waals surface area contributed by atoms with Gasteiger partial charge in [-0.3, -0.25) is 4.98 Å². The average Bonchev–Trinajstić information content (AvgIpc) is 2.18. The van der Waals surface area contributed by atoms with Gasteiger partial charge in [0, 0.05) is 17.5 Å². The molecule has 0 saturated carbocycles. The molecule has 0 aromatic carbocycles. The first-order chi connectivity index (χ1) is 6.65. The maximum Gasteiger partial charge on any atom is 0.106 e. The summed E-state index contributed by atoms with van der Waals surface area (Å²) in [6, 6.07) is 3.56. The Morgan fingerprint density at radius 1 is 1.43 bits per heavy atom. The number of aliphatic hydroxyl groups excluding tert-OH is 2. The van der Waals surface area contributed by atoms with Crippen LogP contribution in [0, 0.1) is 6.92 Å². The molecule has 0 saturated heterocycles. The summed E-state index contributed by atoms with van der Waals surface area (Å²) in [5, 5.41) is 19.1. The molecule has 1 rings (SSSR count). The minimum atomic E-state index is -0.897. The molecule has 4 nitrogen and oxygen atoms in total. The Balaban J connectivity index is 2.68. The normalized spacial score (nSPS) is 15.1. The summed E-state index contributed by atoms with van der Waals surface area (Å²) in [4.78, 5) is 4.04. The van der Waals surface area contributed by atoms with Crippen LogP contribution in [0.5, 0.6) is 0 Å². The summed E-state index contributed by atoms with van der Waals surface area (Å²) in [6.45, 7) is 2.23. The summed E-state index contributed by atoms with van der Waals surface area (Å²) in [6.07, 6.45) is 0.241. The monoisotopic (exact) mass is 196 g/mol. The van der Waals surface area contributed by atoms with Crippen LogP contribution >= 0.6 is 0 Å². The van der Waals surface area contributed by atoms with E-state index in [0.717, 1.165) is 5.69 Å². The van der Waals surface area contributed by atoms with Gasteiger partial charge < -0.3 is 15.9 Å². The third kappa shape index (κ3) is 2.77. The first-order valence-corrected chi connectivity index (χ1v) is 4.64. The Morgan fingerprint density at radius 2 is 2.14 bits per heavy atom. The SMILES string of the molecule is Cc1ccc(C(O)C(O)CCN)cn1. The van der Waals surface area contributed by atoms with Crippen molar-refractivity contribution in [2.45, 2.75) is 25.6 Å². The second-order valence-corrected chi connectivity index (χ2v) is 3.32. The fourth-order valence-electron chi connectivity index (χ4n) is 1.20. The topological polar surface area (TPSA) is 79.4 Å². The molecule has 0 spiro atoms. The van der Waals surface area contributed by atoms with Crippen molar-refractivity contribution in [3.05, 3.63) is 29.6 Å². The molecular formula is C10H16N2O2. The van der Waals surface area contributed by atoms with Gasteiger partial charge in [0.25, 0.3) is 0 Å². The molecule has 1 aromatic heterocycles. The third-order valence-corrected chi connectivity index (χ3v) is 2.10. The van der Waals surface area contributed by atoms with Crippen LogP contribution in [0.1, 0.15) is 23.8 Å². The second kappa shape index (κ2) is 5.05. The van der Waals surface area contributed by atoms with Gasteiger partial charge in [-0.05, 0) is 26.0 Å². The molecule has 1 heterocycles. The van der Waals surface area contributed by atoms with E-state index in [1.165, 1.54) is 0 Å². The van der Waals surface area contributed by atoms with E-state index in [0.29, 0.717) is 18.5 Å². The largest absolute Gasteiger partial charge is 0.390 e. The minimum absolute atomic E-state index is 0.359. The molecule has 0 aliphatic carbocycles. The first-order valence-electron chi connectivity index (χ1n) is 4.64. The van der Waals surface area contributed by atoms with Gasteiger partial charge in [0.15, 0.2) is 0 Å². The molecule has 78 valence electrons. The van der Waals surface area contributed by atoms with Crippen molar-refractivity contribution in [2.75, 3.05) is 6.54 Å². The van der Waals surface area contributed by atoms with Crippen LogP contribution in [-0.2, 0) is 0 Å². The van der Waals surface area contributed by atoms with Crippen molar-refractivity contribution in [2.24, 2.45) is 5.73 Å². The van der Waals surface area contributed by atoms with Gasteiger partial charge in [-0.1, -0.05) is 6.07 Å². The van der Waals surface area contributed by atoms with Gasteiger partial charge in [-0.15, -0.1) is 0 Å². The van der Waals surface area contributed by atoms with Crippen molar-refractivity contribution < 1.29 is 10.2 Å². The minimum Gasteiger partial charge on any atom is -0.390 e. The Kier molecular flexibility index (Phi) is 4.00. The molecule has 2 atom stereocenters. The Labute approximate surface area is 83.4 Å². The second-order valence-electron chi connectivity index (χ2n) is 3.32. The molecule has 0 aliphatic heterocycles. The summed E-state index contributed by atoms with van der Waals surface area (Å²) < 4.78 is 0. The summed E-state index contributed by atoms with van der Waals surface area (Å²) >= 11 is 0. The zero-order valence-electron chi connectivity index (χ0n) is 8.22. The van der Waals surface area contributed by atoms with Crippen molar-refractivity contribution in [3.63, 3.8) is 0 Å².